The molecule has 30 heavy (non-hydrogen) atoms. The van der Waals surface area contributed by atoms with Gasteiger partial charge in [0.2, 0.25) is 5.91 Å². The van der Waals surface area contributed by atoms with Gasteiger partial charge in [-0.1, -0.05) is 23.9 Å². The Balaban J connectivity index is 1.67. The van der Waals surface area contributed by atoms with Gasteiger partial charge in [0.1, 0.15) is 11.8 Å². The molecule has 0 aliphatic carbocycles. The third-order valence-electron chi connectivity index (χ3n) is 4.83. The second-order valence-electron chi connectivity index (χ2n) is 6.79. The molecule has 7 nitrogen and oxygen atoms in total. The van der Waals surface area contributed by atoms with E-state index in [0.29, 0.717) is 22.1 Å². The number of nitrogens with zero attached hydrogens (tertiary/aromatic N) is 4. The molecule has 0 spiro atoms. The number of methoxy groups -OCH3 is 1. The lowest BCUT2D eigenvalue weighted by Crippen LogP contribution is -2.23. The third-order valence-corrected chi connectivity index (χ3v) is 5.87. The van der Waals surface area contributed by atoms with Crippen LogP contribution < -0.4 is 10.1 Å². The highest BCUT2D eigenvalue weighted by atomic mass is 32.2. The number of hydrogen-bond donors (Lipinski definition) is 1. The number of amides is 1. The number of carbonyl (C=O) groups excluding carboxylic acids is 1. The predicted octanol–water partition coefficient (Wildman–Crippen LogP) is 4.19. The number of anilines is 1. The summed E-state index contributed by atoms with van der Waals surface area (Å²) in [5.41, 5.74) is 3.62. The first-order valence-corrected chi connectivity index (χ1v) is 10.2. The summed E-state index contributed by atoms with van der Waals surface area (Å²) in [4.78, 5) is 12.7. The van der Waals surface area contributed by atoms with E-state index in [-0.39, 0.29) is 5.91 Å². The van der Waals surface area contributed by atoms with Gasteiger partial charge in [-0.2, -0.15) is 5.26 Å². The molecule has 1 unspecified atom stereocenters. The molecule has 1 atom stereocenters. The summed E-state index contributed by atoms with van der Waals surface area (Å²) in [6.45, 7) is 3.83. The monoisotopic (exact) mass is 417 g/mol. The van der Waals surface area contributed by atoms with Gasteiger partial charge in [-0.3, -0.25) is 9.20 Å². The molecule has 2 aromatic carbocycles. The van der Waals surface area contributed by atoms with Crippen molar-refractivity contribution in [2.45, 2.75) is 24.3 Å². The molecule has 0 saturated carbocycles. The van der Waals surface area contributed by atoms with Crippen molar-refractivity contribution in [3.05, 3.63) is 59.7 Å². The van der Waals surface area contributed by atoms with Crippen LogP contribution in [0.3, 0.4) is 0 Å². The maximum atomic E-state index is 12.7. The summed E-state index contributed by atoms with van der Waals surface area (Å²) in [7, 11) is 1.63. The number of para-hydroxylation sites is 1. The number of rotatable bonds is 5. The average Bonchev–Trinajstić information content (AvgIpc) is 3.16. The van der Waals surface area contributed by atoms with E-state index in [1.54, 1.807) is 38.3 Å². The minimum absolute atomic E-state index is 0.214. The second-order valence-corrected chi connectivity index (χ2v) is 8.10. The SMILES string of the molecule is COc1ccc2c(C)cc3nnc(SC(C)C(=O)Nc4ccccc4C#N)n3c2c1. The second kappa shape index (κ2) is 8.05. The van der Waals surface area contributed by atoms with Crippen LogP contribution in [-0.4, -0.2) is 32.9 Å². The van der Waals surface area contributed by atoms with E-state index in [1.807, 2.05) is 35.6 Å². The Hall–Kier alpha value is -3.57. The molecule has 4 aromatic rings. The number of thioether (sulfide) groups is 1. The number of nitriles is 1. The molecule has 0 aliphatic rings. The Labute approximate surface area is 177 Å². The van der Waals surface area contributed by atoms with E-state index in [9.17, 15) is 10.1 Å². The van der Waals surface area contributed by atoms with Crippen molar-refractivity contribution in [2.24, 2.45) is 0 Å². The number of fused-ring (bicyclic) bond motifs is 3. The Bertz CT molecular complexity index is 1310. The Kier molecular flexibility index (Phi) is 5.29. The average molecular weight is 417 g/mol. The minimum Gasteiger partial charge on any atom is -0.497 e. The molecular weight excluding hydrogens is 398 g/mol. The minimum atomic E-state index is -0.453. The fourth-order valence-electron chi connectivity index (χ4n) is 3.24. The van der Waals surface area contributed by atoms with Gasteiger partial charge >= 0.3 is 0 Å². The number of nitrogens with one attached hydrogen (secondary N) is 1. The summed E-state index contributed by atoms with van der Waals surface area (Å²) >= 11 is 1.31. The molecule has 8 heteroatoms. The molecule has 0 fully saturated rings. The third kappa shape index (κ3) is 3.55. The van der Waals surface area contributed by atoms with Crippen LogP contribution in [0.4, 0.5) is 5.69 Å². The molecule has 1 amide bonds. The highest BCUT2D eigenvalue weighted by Gasteiger charge is 2.20. The van der Waals surface area contributed by atoms with Crippen LogP contribution in [0.25, 0.3) is 16.6 Å². The van der Waals surface area contributed by atoms with Crippen molar-refractivity contribution in [2.75, 3.05) is 12.4 Å². The normalized spacial score (nSPS) is 11.9. The van der Waals surface area contributed by atoms with E-state index in [2.05, 4.69) is 21.6 Å². The first-order valence-electron chi connectivity index (χ1n) is 9.31. The number of hydrogen-bond acceptors (Lipinski definition) is 6. The van der Waals surface area contributed by atoms with E-state index in [1.165, 1.54) is 11.8 Å². The van der Waals surface area contributed by atoms with Crippen molar-refractivity contribution >= 4 is 39.9 Å². The number of aromatic nitrogens is 3. The van der Waals surface area contributed by atoms with Gasteiger partial charge in [0.25, 0.3) is 0 Å². The molecule has 4 rings (SSSR count). The molecule has 0 saturated heterocycles. The van der Waals surface area contributed by atoms with Gasteiger partial charge in [0, 0.05) is 11.5 Å². The maximum absolute atomic E-state index is 12.7. The fourth-order valence-corrected chi connectivity index (χ4v) is 4.11. The number of carbonyl (C=O) groups is 1. The quantitative estimate of drug-likeness (QED) is 0.490. The topological polar surface area (TPSA) is 92.3 Å². The molecular formula is C22H19N5O2S. The zero-order chi connectivity index (χ0) is 21.3. The first-order chi connectivity index (χ1) is 14.5. The van der Waals surface area contributed by atoms with E-state index < -0.39 is 5.25 Å². The molecule has 150 valence electrons. The molecule has 0 radical (unpaired) electrons. The Morgan fingerprint density at radius 1 is 1.23 bits per heavy atom. The molecule has 0 aliphatic heterocycles. The van der Waals surface area contributed by atoms with Crippen molar-refractivity contribution < 1.29 is 9.53 Å². The van der Waals surface area contributed by atoms with Crippen LogP contribution >= 0.6 is 11.8 Å². The van der Waals surface area contributed by atoms with Gasteiger partial charge in [-0.15, -0.1) is 10.2 Å². The highest BCUT2D eigenvalue weighted by Crippen LogP contribution is 2.30. The van der Waals surface area contributed by atoms with Crippen molar-refractivity contribution in [1.82, 2.24) is 14.6 Å². The first kappa shape index (κ1) is 19.7. The van der Waals surface area contributed by atoms with Gasteiger partial charge in [0.05, 0.1) is 29.1 Å². The molecule has 0 bridgehead atoms. The van der Waals surface area contributed by atoms with Gasteiger partial charge in [-0.05, 0) is 49.7 Å². The lowest BCUT2D eigenvalue weighted by atomic mass is 10.1. The van der Waals surface area contributed by atoms with Crippen molar-refractivity contribution in [3.63, 3.8) is 0 Å². The number of aryl methyl sites for hydroxylation is 1. The van der Waals surface area contributed by atoms with Crippen LogP contribution in [0.2, 0.25) is 0 Å². The predicted molar refractivity (Wildman–Crippen MR) is 117 cm³/mol. The Morgan fingerprint density at radius 2 is 2.03 bits per heavy atom. The number of ether oxygens (including phenoxy) is 1. The number of benzene rings is 2. The lowest BCUT2D eigenvalue weighted by molar-refractivity contribution is -0.115. The number of pyridine rings is 1. The molecule has 2 heterocycles. The summed E-state index contributed by atoms with van der Waals surface area (Å²) in [6, 6.07) is 16.8. The van der Waals surface area contributed by atoms with Gasteiger partial charge in [-0.25, -0.2) is 0 Å². The maximum Gasteiger partial charge on any atom is 0.237 e. The standard InChI is InChI=1S/C22H19N5O2S/c1-13-10-20-25-26-22(27(20)19-11-16(29-3)8-9-17(13)19)30-14(2)21(28)24-18-7-5-4-6-15(18)12-23/h4-11,14H,1-3H3,(H,24,28). The van der Waals surface area contributed by atoms with E-state index in [0.717, 1.165) is 22.2 Å². The lowest BCUT2D eigenvalue weighted by Gasteiger charge is -2.13. The van der Waals surface area contributed by atoms with Crippen LogP contribution in [0.5, 0.6) is 5.75 Å². The molecule has 1 N–H and O–H groups in total. The Morgan fingerprint density at radius 3 is 2.80 bits per heavy atom. The zero-order valence-corrected chi connectivity index (χ0v) is 17.5. The van der Waals surface area contributed by atoms with E-state index >= 15 is 0 Å². The summed E-state index contributed by atoms with van der Waals surface area (Å²) in [5, 5.41) is 21.9. The summed E-state index contributed by atoms with van der Waals surface area (Å²) in [5.74, 6) is 0.520. The highest BCUT2D eigenvalue weighted by molar-refractivity contribution is 8.00. The zero-order valence-electron chi connectivity index (χ0n) is 16.7. The van der Waals surface area contributed by atoms with E-state index in [4.69, 9.17) is 4.74 Å². The van der Waals surface area contributed by atoms with Gasteiger partial charge < -0.3 is 10.1 Å². The van der Waals surface area contributed by atoms with Crippen molar-refractivity contribution in [3.8, 4) is 11.8 Å². The molecule has 2 aromatic heterocycles. The van der Waals surface area contributed by atoms with Gasteiger partial charge in [0.15, 0.2) is 10.8 Å². The van der Waals surface area contributed by atoms with Crippen LogP contribution in [0.1, 0.15) is 18.1 Å². The van der Waals surface area contributed by atoms with Crippen LogP contribution in [0, 0.1) is 18.3 Å². The summed E-state index contributed by atoms with van der Waals surface area (Å²) < 4.78 is 7.32. The summed E-state index contributed by atoms with van der Waals surface area (Å²) in [6.07, 6.45) is 0. The fraction of sp³-hybridized carbons (Fsp3) is 0.182. The van der Waals surface area contributed by atoms with Crippen LogP contribution in [0.15, 0.2) is 53.7 Å². The largest absolute Gasteiger partial charge is 0.497 e. The van der Waals surface area contributed by atoms with Crippen molar-refractivity contribution in [1.29, 1.82) is 5.26 Å². The van der Waals surface area contributed by atoms with Crippen LogP contribution in [-0.2, 0) is 4.79 Å². The smallest absolute Gasteiger partial charge is 0.237 e.